The number of hydrogen-bond donors (Lipinski definition) is 0. The summed E-state index contributed by atoms with van der Waals surface area (Å²) in [4.78, 5) is 25.4. The molecule has 27 heavy (non-hydrogen) atoms. The summed E-state index contributed by atoms with van der Waals surface area (Å²) in [6, 6.07) is 7.39. The standard InChI is InChI=1S/C18H21ClN4O3S/c1-26-11-3-10-23-17(13-5-7-14(19)8-6-13)20-21-18(23)27-12-16(25)22-9-2-4-15(22)24/h5-8H,2-4,9-12H2,1H3. The van der Waals surface area contributed by atoms with E-state index in [2.05, 4.69) is 10.2 Å². The van der Waals surface area contributed by atoms with Gasteiger partial charge in [-0.25, -0.2) is 0 Å². The molecule has 1 aliphatic rings. The van der Waals surface area contributed by atoms with Crippen molar-refractivity contribution >= 4 is 35.2 Å². The molecule has 0 unspecified atom stereocenters. The summed E-state index contributed by atoms with van der Waals surface area (Å²) in [5.74, 6) is 0.607. The third-order valence-electron chi connectivity index (χ3n) is 4.25. The Labute approximate surface area is 167 Å². The molecule has 7 nitrogen and oxygen atoms in total. The molecule has 1 fully saturated rings. The number of carbonyl (C=O) groups excluding carboxylic acids is 2. The van der Waals surface area contributed by atoms with E-state index in [9.17, 15) is 9.59 Å². The summed E-state index contributed by atoms with van der Waals surface area (Å²) in [6.07, 6.45) is 1.98. The number of aromatic nitrogens is 3. The smallest absolute Gasteiger partial charge is 0.239 e. The van der Waals surface area contributed by atoms with Gasteiger partial charge in [-0.1, -0.05) is 23.4 Å². The van der Waals surface area contributed by atoms with Gasteiger partial charge in [-0.2, -0.15) is 0 Å². The number of amides is 2. The Morgan fingerprint density at radius 3 is 2.74 bits per heavy atom. The van der Waals surface area contributed by atoms with E-state index < -0.39 is 0 Å². The number of ether oxygens (including phenoxy) is 1. The van der Waals surface area contributed by atoms with Crippen LogP contribution in [0.4, 0.5) is 0 Å². The Bertz CT molecular complexity index is 809. The average molecular weight is 409 g/mol. The number of methoxy groups -OCH3 is 1. The van der Waals surface area contributed by atoms with E-state index in [4.69, 9.17) is 16.3 Å². The van der Waals surface area contributed by atoms with Crippen LogP contribution >= 0.6 is 23.4 Å². The van der Waals surface area contributed by atoms with Crippen molar-refractivity contribution in [2.75, 3.05) is 26.0 Å². The zero-order chi connectivity index (χ0) is 19.2. The van der Waals surface area contributed by atoms with Crippen LogP contribution in [-0.4, -0.2) is 57.5 Å². The first-order valence-corrected chi connectivity index (χ1v) is 10.1. The van der Waals surface area contributed by atoms with Gasteiger partial charge in [-0.05, 0) is 37.1 Å². The molecule has 2 aromatic rings. The second-order valence-corrected chi connectivity index (χ2v) is 7.52. The van der Waals surface area contributed by atoms with Gasteiger partial charge in [0, 0.05) is 43.8 Å². The van der Waals surface area contributed by atoms with Crippen molar-refractivity contribution in [1.82, 2.24) is 19.7 Å². The van der Waals surface area contributed by atoms with Gasteiger partial charge in [0.1, 0.15) is 0 Å². The van der Waals surface area contributed by atoms with Crippen LogP contribution in [0.25, 0.3) is 11.4 Å². The van der Waals surface area contributed by atoms with E-state index in [1.165, 1.54) is 16.7 Å². The van der Waals surface area contributed by atoms with Crippen molar-refractivity contribution in [2.45, 2.75) is 31.0 Å². The Morgan fingerprint density at radius 2 is 2.07 bits per heavy atom. The fourth-order valence-corrected chi connectivity index (χ4v) is 3.86. The number of hydrogen-bond acceptors (Lipinski definition) is 6. The van der Waals surface area contributed by atoms with E-state index in [0.717, 1.165) is 24.2 Å². The highest BCUT2D eigenvalue weighted by Crippen LogP contribution is 2.26. The van der Waals surface area contributed by atoms with Crippen molar-refractivity contribution < 1.29 is 14.3 Å². The second kappa shape index (κ2) is 9.34. The number of nitrogens with zero attached hydrogens (tertiary/aromatic N) is 4. The normalized spacial score (nSPS) is 14.1. The maximum atomic E-state index is 12.3. The van der Waals surface area contributed by atoms with Crippen LogP contribution in [0, 0.1) is 0 Å². The molecule has 2 amide bonds. The number of imide groups is 1. The lowest BCUT2D eigenvalue weighted by atomic mass is 10.2. The number of halogens is 1. The van der Waals surface area contributed by atoms with Gasteiger partial charge in [0.25, 0.3) is 0 Å². The van der Waals surface area contributed by atoms with Gasteiger partial charge in [0.05, 0.1) is 5.75 Å². The minimum absolute atomic E-state index is 0.0935. The second-order valence-electron chi connectivity index (χ2n) is 6.14. The Hall–Kier alpha value is -1.90. The number of likely N-dealkylation sites (tertiary alicyclic amines) is 1. The van der Waals surface area contributed by atoms with Crippen molar-refractivity contribution in [3.63, 3.8) is 0 Å². The van der Waals surface area contributed by atoms with Crippen LogP contribution in [0.3, 0.4) is 0 Å². The lowest BCUT2D eigenvalue weighted by Gasteiger charge is -2.13. The highest BCUT2D eigenvalue weighted by molar-refractivity contribution is 7.99. The molecule has 0 spiro atoms. The van der Waals surface area contributed by atoms with Gasteiger partial charge >= 0.3 is 0 Å². The van der Waals surface area contributed by atoms with Gasteiger partial charge in [0.2, 0.25) is 11.8 Å². The molecular formula is C18H21ClN4O3S. The number of thioether (sulfide) groups is 1. The molecule has 0 aliphatic carbocycles. The van der Waals surface area contributed by atoms with Gasteiger partial charge in [-0.3, -0.25) is 14.5 Å². The molecule has 9 heteroatoms. The van der Waals surface area contributed by atoms with Crippen LogP contribution in [0.1, 0.15) is 19.3 Å². The molecule has 144 valence electrons. The highest BCUT2D eigenvalue weighted by Gasteiger charge is 2.26. The first-order chi connectivity index (χ1) is 13.1. The van der Waals surface area contributed by atoms with E-state index >= 15 is 0 Å². The third-order valence-corrected chi connectivity index (χ3v) is 5.45. The molecule has 0 atom stereocenters. The molecular weight excluding hydrogens is 388 g/mol. The van der Waals surface area contributed by atoms with Crippen LogP contribution in [-0.2, 0) is 20.9 Å². The molecule has 2 heterocycles. The van der Waals surface area contributed by atoms with Gasteiger partial charge in [-0.15, -0.1) is 10.2 Å². The molecule has 0 bridgehead atoms. The molecule has 1 aliphatic heterocycles. The summed E-state index contributed by atoms with van der Waals surface area (Å²) < 4.78 is 7.12. The predicted molar refractivity (Wildman–Crippen MR) is 104 cm³/mol. The molecule has 0 N–H and O–H groups in total. The summed E-state index contributed by atoms with van der Waals surface area (Å²) in [7, 11) is 1.66. The summed E-state index contributed by atoms with van der Waals surface area (Å²) in [5, 5.41) is 9.86. The maximum absolute atomic E-state index is 12.3. The first kappa shape index (κ1) is 19.9. The largest absolute Gasteiger partial charge is 0.385 e. The Balaban J connectivity index is 1.76. The monoisotopic (exact) mass is 408 g/mol. The fourth-order valence-electron chi connectivity index (χ4n) is 2.89. The molecule has 1 aromatic carbocycles. The number of carbonyl (C=O) groups is 2. The van der Waals surface area contributed by atoms with Crippen molar-refractivity contribution in [2.24, 2.45) is 0 Å². The third kappa shape index (κ3) is 4.88. The Kier molecular flexibility index (Phi) is 6.87. The summed E-state index contributed by atoms with van der Waals surface area (Å²) in [6.45, 7) is 1.79. The van der Waals surface area contributed by atoms with Crippen LogP contribution in [0.5, 0.6) is 0 Å². The Morgan fingerprint density at radius 1 is 1.30 bits per heavy atom. The SMILES string of the molecule is COCCCn1c(SCC(=O)N2CCCC2=O)nnc1-c1ccc(Cl)cc1. The lowest BCUT2D eigenvalue weighted by Crippen LogP contribution is -2.33. The quantitative estimate of drug-likeness (QED) is 0.493. The van der Waals surface area contributed by atoms with E-state index in [0.29, 0.717) is 36.3 Å². The lowest BCUT2D eigenvalue weighted by molar-refractivity contribution is -0.140. The van der Waals surface area contributed by atoms with E-state index in [-0.39, 0.29) is 17.6 Å². The van der Waals surface area contributed by atoms with E-state index in [1.807, 2.05) is 16.7 Å². The zero-order valence-electron chi connectivity index (χ0n) is 15.1. The molecule has 1 aromatic heterocycles. The predicted octanol–water partition coefficient (Wildman–Crippen LogP) is 2.88. The van der Waals surface area contributed by atoms with Gasteiger partial charge < -0.3 is 9.30 Å². The van der Waals surface area contributed by atoms with Crippen LogP contribution in [0.15, 0.2) is 29.4 Å². The van der Waals surface area contributed by atoms with Crippen LogP contribution < -0.4 is 0 Å². The topological polar surface area (TPSA) is 77.3 Å². The molecule has 1 saturated heterocycles. The minimum Gasteiger partial charge on any atom is -0.385 e. The minimum atomic E-state index is -0.179. The maximum Gasteiger partial charge on any atom is 0.239 e. The zero-order valence-corrected chi connectivity index (χ0v) is 16.6. The summed E-state index contributed by atoms with van der Waals surface area (Å²) in [5.41, 5.74) is 0.900. The molecule has 0 saturated carbocycles. The van der Waals surface area contributed by atoms with Crippen molar-refractivity contribution in [3.05, 3.63) is 29.3 Å². The molecule has 3 rings (SSSR count). The average Bonchev–Trinajstić information content (AvgIpc) is 3.27. The first-order valence-electron chi connectivity index (χ1n) is 8.74. The van der Waals surface area contributed by atoms with Crippen LogP contribution in [0.2, 0.25) is 5.02 Å². The summed E-state index contributed by atoms with van der Waals surface area (Å²) >= 11 is 7.27. The number of benzene rings is 1. The number of rotatable bonds is 8. The van der Waals surface area contributed by atoms with Crippen molar-refractivity contribution in [1.29, 1.82) is 0 Å². The fraction of sp³-hybridized carbons (Fsp3) is 0.444. The van der Waals surface area contributed by atoms with E-state index in [1.54, 1.807) is 19.2 Å². The van der Waals surface area contributed by atoms with Crippen molar-refractivity contribution in [3.8, 4) is 11.4 Å². The highest BCUT2D eigenvalue weighted by atomic mass is 35.5. The van der Waals surface area contributed by atoms with Gasteiger partial charge in [0.15, 0.2) is 11.0 Å². The molecule has 0 radical (unpaired) electrons.